The van der Waals surface area contributed by atoms with Gasteiger partial charge in [0, 0.05) is 28.2 Å². The molecule has 1 amide bonds. The van der Waals surface area contributed by atoms with Crippen molar-refractivity contribution in [1.29, 1.82) is 0 Å². The van der Waals surface area contributed by atoms with Gasteiger partial charge in [-0.1, -0.05) is 66.0 Å². The van der Waals surface area contributed by atoms with Gasteiger partial charge in [-0.2, -0.15) is 0 Å². The minimum atomic E-state index is -0.0368. The molecule has 4 aromatic rings. The molecule has 0 saturated heterocycles. The minimum Gasteiger partial charge on any atom is -0.493 e. The molecule has 154 valence electrons. The standard InChI is InChI=1S/C24H23ClN2O2S/c1-30-26-24(28)16-27-15-18(20-12-11-19(25)14-22(20)27)8-5-13-29-23-10-4-7-17-6-2-3-9-21(17)23/h2-4,6-7,9-12,14-15H,5,8,13,16H2,1H3,(H,26,28). The third kappa shape index (κ3) is 4.58. The van der Waals surface area contributed by atoms with Crippen LogP contribution in [0.25, 0.3) is 21.7 Å². The van der Waals surface area contributed by atoms with Crippen LogP contribution in [-0.2, 0) is 17.8 Å². The highest BCUT2D eigenvalue weighted by atomic mass is 35.5. The molecule has 1 heterocycles. The van der Waals surface area contributed by atoms with Crippen molar-refractivity contribution >= 4 is 51.1 Å². The van der Waals surface area contributed by atoms with Crippen LogP contribution in [0.1, 0.15) is 12.0 Å². The highest BCUT2D eigenvalue weighted by molar-refractivity contribution is 7.97. The first kappa shape index (κ1) is 20.6. The molecule has 0 unspecified atom stereocenters. The maximum Gasteiger partial charge on any atom is 0.249 e. The number of nitrogens with one attached hydrogen (secondary N) is 1. The fourth-order valence-electron chi connectivity index (χ4n) is 3.74. The third-order valence-electron chi connectivity index (χ3n) is 5.05. The van der Waals surface area contributed by atoms with Crippen LogP contribution in [0.4, 0.5) is 0 Å². The molecular weight excluding hydrogens is 416 g/mol. The first-order valence-electron chi connectivity index (χ1n) is 9.85. The molecule has 0 aliphatic heterocycles. The second-order valence-corrected chi connectivity index (χ2v) is 8.15. The minimum absolute atomic E-state index is 0.0368. The van der Waals surface area contributed by atoms with Gasteiger partial charge in [0.25, 0.3) is 0 Å². The van der Waals surface area contributed by atoms with E-state index < -0.39 is 0 Å². The number of hydrogen-bond donors (Lipinski definition) is 1. The maximum atomic E-state index is 12.1. The van der Waals surface area contributed by atoms with E-state index in [0.717, 1.165) is 34.9 Å². The summed E-state index contributed by atoms with van der Waals surface area (Å²) in [5, 5.41) is 4.10. The predicted molar refractivity (Wildman–Crippen MR) is 126 cm³/mol. The number of nitrogens with zero attached hydrogens (tertiary/aromatic N) is 1. The SMILES string of the molecule is CSNC(=O)Cn1cc(CCCOc2cccc3ccccc23)c2ccc(Cl)cc21. The number of aromatic nitrogens is 1. The molecule has 1 aromatic heterocycles. The molecule has 0 radical (unpaired) electrons. The molecule has 3 aromatic carbocycles. The van der Waals surface area contributed by atoms with Crippen LogP contribution in [-0.4, -0.2) is 23.3 Å². The lowest BCUT2D eigenvalue weighted by atomic mass is 10.1. The van der Waals surface area contributed by atoms with Crippen LogP contribution in [0.5, 0.6) is 5.75 Å². The summed E-state index contributed by atoms with van der Waals surface area (Å²) in [6.07, 6.45) is 5.63. The Balaban J connectivity index is 1.46. The van der Waals surface area contributed by atoms with Crippen LogP contribution in [0.15, 0.2) is 66.9 Å². The Morgan fingerprint density at radius 3 is 2.80 bits per heavy atom. The molecule has 1 N–H and O–H groups in total. The summed E-state index contributed by atoms with van der Waals surface area (Å²) in [6, 6.07) is 20.2. The van der Waals surface area contributed by atoms with E-state index in [1.165, 1.54) is 22.9 Å². The lowest BCUT2D eigenvalue weighted by Crippen LogP contribution is -2.20. The van der Waals surface area contributed by atoms with E-state index in [2.05, 4.69) is 29.1 Å². The summed E-state index contributed by atoms with van der Waals surface area (Å²) in [5.41, 5.74) is 2.17. The molecule has 0 bridgehead atoms. The number of halogens is 1. The van der Waals surface area contributed by atoms with E-state index in [1.54, 1.807) is 0 Å². The summed E-state index contributed by atoms with van der Waals surface area (Å²) in [7, 11) is 0. The largest absolute Gasteiger partial charge is 0.493 e. The van der Waals surface area contributed by atoms with Crippen LogP contribution in [0, 0.1) is 0 Å². The Kier molecular flexibility index (Phi) is 6.50. The average molecular weight is 439 g/mol. The van der Waals surface area contributed by atoms with Gasteiger partial charge < -0.3 is 9.30 Å². The van der Waals surface area contributed by atoms with Crippen molar-refractivity contribution in [2.75, 3.05) is 12.9 Å². The number of rotatable bonds is 8. The number of carbonyl (C=O) groups is 1. The van der Waals surface area contributed by atoms with Gasteiger partial charge in [-0.15, -0.1) is 0 Å². The van der Waals surface area contributed by atoms with Gasteiger partial charge in [0.2, 0.25) is 5.91 Å². The number of carbonyl (C=O) groups excluding carboxylic acids is 1. The number of fused-ring (bicyclic) bond motifs is 2. The lowest BCUT2D eigenvalue weighted by Gasteiger charge is -2.09. The van der Waals surface area contributed by atoms with Crippen molar-refractivity contribution in [1.82, 2.24) is 9.29 Å². The molecule has 0 aliphatic rings. The molecule has 6 heteroatoms. The van der Waals surface area contributed by atoms with E-state index >= 15 is 0 Å². The van der Waals surface area contributed by atoms with Gasteiger partial charge in [-0.05, 0) is 42.0 Å². The molecule has 30 heavy (non-hydrogen) atoms. The predicted octanol–water partition coefficient (Wildman–Crippen LogP) is 5.85. The average Bonchev–Trinajstić information content (AvgIpc) is 3.08. The van der Waals surface area contributed by atoms with Gasteiger partial charge >= 0.3 is 0 Å². The molecule has 0 atom stereocenters. The molecule has 4 nitrogen and oxygen atoms in total. The van der Waals surface area contributed by atoms with E-state index in [0.29, 0.717) is 11.6 Å². The number of amides is 1. The normalized spacial score (nSPS) is 11.1. The third-order valence-corrected chi connectivity index (χ3v) is 5.72. The Bertz CT molecular complexity index is 1180. The van der Waals surface area contributed by atoms with E-state index in [9.17, 15) is 4.79 Å². The van der Waals surface area contributed by atoms with E-state index in [4.69, 9.17) is 16.3 Å². The van der Waals surface area contributed by atoms with E-state index in [-0.39, 0.29) is 12.5 Å². The summed E-state index contributed by atoms with van der Waals surface area (Å²) >= 11 is 7.51. The van der Waals surface area contributed by atoms with Gasteiger partial charge in [0.15, 0.2) is 0 Å². The van der Waals surface area contributed by atoms with Crippen LogP contribution in [0.2, 0.25) is 5.02 Å². The monoisotopic (exact) mass is 438 g/mol. The zero-order valence-electron chi connectivity index (χ0n) is 16.7. The van der Waals surface area contributed by atoms with Crippen molar-refractivity contribution in [3.63, 3.8) is 0 Å². The first-order chi connectivity index (χ1) is 14.7. The zero-order valence-corrected chi connectivity index (χ0v) is 18.3. The molecule has 0 saturated carbocycles. The highest BCUT2D eigenvalue weighted by Gasteiger charge is 2.12. The second kappa shape index (κ2) is 9.45. The smallest absolute Gasteiger partial charge is 0.249 e. The summed E-state index contributed by atoms with van der Waals surface area (Å²) in [5.74, 6) is 0.876. The van der Waals surface area contributed by atoms with Gasteiger partial charge in [0.05, 0.1) is 12.1 Å². The fourth-order valence-corrected chi connectivity index (χ4v) is 4.20. The Morgan fingerprint density at radius 2 is 1.93 bits per heavy atom. The lowest BCUT2D eigenvalue weighted by molar-refractivity contribution is -0.119. The van der Waals surface area contributed by atoms with Crippen molar-refractivity contribution in [3.8, 4) is 5.75 Å². The number of ether oxygens (including phenoxy) is 1. The van der Waals surface area contributed by atoms with Crippen LogP contribution < -0.4 is 9.46 Å². The first-order valence-corrected chi connectivity index (χ1v) is 11.5. The quantitative estimate of drug-likeness (QED) is 0.277. The topological polar surface area (TPSA) is 43.3 Å². The van der Waals surface area contributed by atoms with Crippen molar-refractivity contribution in [3.05, 3.63) is 77.4 Å². The second-order valence-electron chi connectivity index (χ2n) is 7.10. The van der Waals surface area contributed by atoms with Gasteiger partial charge in [-0.3, -0.25) is 9.52 Å². The fraction of sp³-hybridized carbons (Fsp3) is 0.208. The number of aryl methyl sites for hydroxylation is 1. The van der Waals surface area contributed by atoms with Gasteiger partial charge in [0.1, 0.15) is 12.3 Å². The Morgan fingerprint density at radius 1 is 1.10 bits per heavy atom. The van der Waals surface area contributed by atoms with E-state index in [1.807, 2.05) is 53.3 Å². The van der Waals surface area contributed by atoms with Crippen molar-refractivity contribution < 1.29 is 9.53 Å². The molecular formula is C24H23ClN2O2S. The summed E-state index contributed by atoms with van der Waals surface area (Å²) < 4.78 is 10.8. The number of benzene rings is 3. The van der Waals surface area contributed by atoms with Gasteiger partial charge in [-0.25, -0.2) is 0 Å². The molecule has 4 rings (SSSR count). The Hall–Kier alpha value is -2.63. The molecule has 0 fully saturated rings. The Labute approximate surface area is 185 Å². The maximum absolute atomic E-state index is 12.1. The van der Waals surface area contributed by atoms with Crippen LogP contribution >= 0.6 is 23.5 Å². The molecule has 0 aliphatic carbocycles. The number of hydrogen-bond acceptors (Lipinski definition) is 3. The zero-order chi connectivity index (χ0) is 20.9. The van der Waals surface area contributed by atoms with Crippen molar-refractivity contribution in [2.45, 2.75) is 19.4 Å². The summed E-state index contributed by atoms with van der Waals surface area (Å²) in [6.45, 7) is 0.894. The van der Waals surface area contributed by atoms with Crippen molar-refractivity contribution in [2.24, 2.45) is 0 Å². The summed E-state index contributed by atoms with van der Waals surface area (Å²) in [4.78, 5) is 12.1. The highest BCUT2D eigenvalue weighted by Crippen LogP contribution is 2.27. The molecule has 0 spiro atoms. The van der Waals surface area contributed by atoms with Crippen LogP contribution in [0.3, 0.4) is 0 Å².